The average Bonchev–Trinajstić information content (AvgIpc) is 3.06. The Hall–Kier alpha value is -2.32. The van der Waals surface area contributed by atoms with Gasteiger partial charge < -0.3 is 10.2 Å². The van der Waals surface area contributed by atoms with Crippen molar-refractivity contribution in [2.75, 3.05) is 22.2 Å². The van der Waals surface area contributed by atoms with E-state index in [0.717, 1.165) is 16.1 Å². The van der Waals surface area contributed by atoms with Crippen molar-refractivity contribution in [3.63, 3.8) is 0 Å². The van der Waals surface area contributed by atoms with Gasteiger partial charge in [0.1, 0.15) is 0 Å². The third kappa shape index (κ3) is 4.87. The Morgan fingerprint density at radius 1 is 1.20 bits per heavy atom. The molecule has 0 saturated heterocycles. The maximum atomic E-state index is 12.8. The Morgan fingerprint density at radius 3 is 2.67 bits per heavy atom. The van der Waals surface area contributed by atoms with E-state index in [1.54, 1.807) is 34.9 Å². The minimum absolute atomic E-state index is 0.00762. The first-order valence-corrected chi connectivity index (χ1v) is 12.7. The summed E-state index contributed by atoms with van der Waals surface area (Å²) in [7, 11) is -3.61. The number of nitrogens with one attached hydrogen (secondary N) is 1. The Morgan fingerprint density at radius 2 is 1.97 bits per heavy atom. The van der Waals surface area contributed by atoms with Gasteiger partial charge in [0.25, 0.3) is 0 Å². The van der Waals surface area contributed by atoms with E-state index in [2.05, 4.69) is 5.32 Å². The van der Waals surface area contributed by atoms with Gasteiger partial charge in [-0.15, -0.1) is 11.8 Å². The molecule has 1 unspecified atom stereocenters. The zero-order valence-electron chi connectivity index (χ0n) is 17.3. The van der Waals surface area contributed by atoms with Crippen LogP contribution in [0, 0.1) is 0 Å². The van der Waals surface area contributed by atoms with Crippen molar-refractivity contribution in [3.05, 3.63) is 48.0 Å². The molecule has 0 spiro atoms. The van der Waals surface area contributed by atoms with Crippen LogP contribution in [0.3, 0.4) is 0 Å². The number of benzene rings is 2. The summed E-state index contributed by atoms with van der Waals surface area (Å²) in [4.78, 5) is 27.4. The quantitative estimate of drug-likeness (QED) is 0.652. The number of hydrogen-bond donors (Lipinski definition) is 1. The number of nitrogens with zero attached hydrogens (tertiary/aromatic N) is 1. The molecule has 1 aliphatic heterocycles. The average molecular weight is 447 g/mol. The number of thioether (sulfide) groups is 1. The molecular weight excluding hydrogens is 420 g/mol. The van der Waals surface area contributed by atoms with Gasteiger partial charge in [-0.1, -0.05) is 13.0 Å². The van der Waals surface area contributed by atoms with Crippen LogP contribution >= 0.6 is 11.8 Å². The molecule has 30 heavy (non-hydrogen) atoms. The molecule has 6 nitrogen and oxygen atoms in total. The number of hydrogen-bond acceptors (Lipinski definition) is 5. The first-order chi connectivity index (χ1) is 14.2. The molecule has 0 radical (unpaired) electrons. The Kier molecular flexibility index (Phi) is 6.88. The SMILES string of the molecule is CCC(=O)N1c2ccc(S(=O)(=O)CCC(=O)Nc3cccc(SC)c3)cc2CC1C. The highest BCUT2D eigenvalue weighted by Crippen LogP contribution is 2.34. The summed E-state index contributed by atoms with van der Waals surface area (Å²) in [5.74, 6) is -0.585. The molecule has 0 aromatic heterocycles. The van der Waals surface area contributed by atoms with E-state index in [1.807, 2.05) is 38.3 Å². The van der Waals surface area contributed by atoms with Gasteiger partial charge in [0.2, 0.25) is 11.8 Å². The monoisotopic (exact) mass is 446 g/mol. The molecule has 160 valence electrons. The minimum atomic E-state index is -3.61. The van der Waals surface area contributed by atoms with Crippen LogP contribution in [0.15, 0.2) is 52.3 Å². The van der Waals surface area contributed by atoms with Crippen LogP contribution in [0.25, 0.3) is 0 Å². The number of amides is 2. The van der Waals surface area contributed by atoms with Crippen LogP contribution < -0.4 is 10.2 Å². The third-order valence-electron chi connectivity index (χ3n) is 5.15. The van der Waals surface area contributed by atoms with E-state index in [1.165, 1.54) is 6.07 Å². The van der Waals surface area contributed by atoms with E-state index in [0.29, 0.717) is 18.5 Å². The van der Waals surface area contributed by atoms with Crippen LogP contribution in [-0.2, 0) is 25.8 Å². The minimum Gasteiger partial charge on any atom is -0.326 e. The van der Waals surface area contributed by atoms with Crippen LogP contribution in [-0.4, -0.2) is 38.3 Å². The fourth-order valence-electron chi connectivity index (χ4n) is 3.62. The van der Waals surface area contributed by atoms with Gasteiger partial charge in [-0.3, -0.25) is 9.59 Å². The van der Waals surface area contributed by atoms with E-state index in [9.17, 15) is 18.0 Å². The predicted molar refractivity (Wildman–Crippen MR) is 121 cm³/mol. The van der Waals surface area contributed by atoms with Crippen molar-refractivity contribution in [2.45, 2.75) is 48.9 Å². The second-order valence-electron chi connectivity index (χ2n) is 7.31. The molecule has 0 saturated carbocycles. The fraction of sp³-hybridized carbons (Fsp3) is 0.364. The normalized spacial score (nSPS) is 15.7. The van der Waals surface area contributed by atoms with Crippen LogP contribution in [0.1, 0.15) is 32.3 Å². The summed E-state index contributed by atoms with van der Waals surface area (Å²) >= 11 is 1.57. The molecule has 1 aliphatic rings. The highest BCUT2D eigenvalue weighted by Gasteiger charge is 2.31. The molecule has 0 bridgehead atoms. The molecule has 2 amide bonds. The van der Waals surface area contributed by atoms with Crippen molar-refractivity contribution in [1.82, 2.24) is 0 Å². The highest BCUT2D eigenvalue weighted by molar-refractivity contribution is 7.98. The van der Waals surface area contributed by atoms with E-state index < -0.39 is 9.84 Å². The summed E-state index contributed by atoms with van der Waals surface area (Å²) < 4.78 is 25.6. The lowest BCUT2D eigenvalue weighted by atomic mass is 10.1. The zero-order valence-corrected chi connectivity index (χ0v) is 19.0. The van der Waals surface area contributed by atoms with Crippen LogP contribution in [0.5, 0.6) is 0 Å². The van der Waals surface area contributed by atoms with Gasteiger partial charge >= 0.3 is 0 Å². The van der Waals surface area contributed by atoms with Crippen LogP contribution in [0.2, 0.25) is 0 Å². The number of sulfone groups is 1. The third-order valence-corrected chi connectivity index (χ3v) is 7.59. The van der Waals surface area contributed by atoms with E-state index in [-0.39, 0.29) is 34.9 Å². The summed E-state index contributed by atoms with van der Waals surface area (Å²) in [6.45, 7) is 3.77. The number of fused-ring (bicyclic) bond motifs is 1. The van der Waals surface area contributed by atoms with Gasteiger partial charge in [0.15, 0.2) is 9.84 Å². The second-order valence-corrected chi connectivity index (χ2v) is 10.3. The summed E-state index contributed by atoms with van der Waals surface area (Å²) in [6, 6.07) is 12.3. The number of rotatable bonds is 7. The number of anilines is 2. The molecule has 2 aromatic rings. The van der Waals surface area contributed by atoms with Gasteiger partial charge in [-0.2, -0.15) is 0 Å². The number of carbonyl (C=O) groups is 2. The lowest BCUT2D eigenvalue weighted by Crippen LogP contribution is -2.35. The first kappa shape index (κ1) is 22.4. The highest BCUT2D eigenvalue weighted by atomic mass is 32.2. The Balaban J connectivity index is 1.68. The van der Waals surface area contributed by atoms with Gasteiger partial charge in [0, 0.05) is 35.2 Å². The molecule has 0 fully saturated rings. The van der Waals surface area contributed by atoms with Crippen molar-refractivity contribution in [3.8, 4) is 0 Å². The second kappa shape index (κ2) is 9.22. The first-order valence-electron chi connectivity index (χ1n) is 9.86. The van der Waals surface area contributed by atoms with Gasteiger partial charge in [0.05, 0.1) is 10.6 Å². The van der Waals surface area contributed by atoms with E-state index in [4.69, 9.17) is 0 Å². The van der Waals surface area contributed by atoms with Crippen molar-refractivity contribution in [2.24, 2.45) is 0 Å². The molecule has 8 heteroatoms. The van der Waals surface area contributed by atoms with Crippen molar-refractivity contribution in [1.29, 1.82) is 0 Å². The lowest BCUT2D eigenvalue weighted by molar-refractivity contribution is -0.118. The molecule has 2 aromatic carbocycles. The molecule has 3 rings (SSSR count). The zero-order chi connectivity index (χ0) is 21.9. The largest absolute Gasteiger partial charge is 0.326 e. The molecule has 1 N–H and O–H groups in total. The Bertz CT molecular complexity index is 1070. The van der Waals surface area contributed by atoms with Gasteiger partial charge in [-0.25, -0.2) is 8.42 Å². The van der Waals surface area contributed by atoms with Gasteiger partial charge in [-0.05, 0) is 61.6 Å². The molecule has 0 aliphatic carbocycles. The number of carbonyl (C=O) groups excluding carboxylic acids is 2. The van der Waals surface area contributed by atoms with Crippen molar-refractivity contribution < 1.29 is 18.0 Å². The smallest absolute Gasteiger partial charge is 0.226 e. The predicted octanol–water partition coefficient (Wildman–Crippen LogP) is 3.90. The summed E-state index contributed by atoms with van der Waals surface area (Å²) in [5, 5.41) is 2.75. The molecule has 1 heterocycles. The van der Waals surface area contributed by atoms with Crippen LogP contribution in [0.4, 0.5) is 11.4 Å². The topological polar surface area (TPSA) is 83.6 Å². The molecule has 1 atom stereocenters. The maximum absolute atomic E-state index is 12.8. The van der Waals surface area contributed by atoms with Crippen molar-refractivity contribution >= 4 is 44.8 Å². The standard InChI is InChI=1S/C22H26N2O4S2/c1-4-22(26)24-15(2)12-16-13-19(8-9-20(16)24)30(27,28)11-10-21(25)23-17-6-5-7-18(14-17)29-3/h5-9,13-15H,4,10-12H2,1-3H3,(H,23,25). The van der Waals surface area contributed by atoms with E-state index >= 15 is 0 Å². The maximum Gasteiger partial charge on any atom is 0.226 e. The molecular formula is C22H26N2O4S2. The summed E-state index contributed by atoms with van der Waals surface area (Å²) in [6.07, 6.45) is 2.84. The Labute approximate surface area is 182 Å². The fourth-order valence-corrected chi connectivity index (χ4v) is 5.37. The summed E-state index contributed by atoms with van der Waals surface area (Å²) in [5.41, 5.74) is 2.28. The lowest BCUT2D eigenvalue weighted by Gasteiger charge is -2.22.